The fourth-order valence-corrected chi connectivity index (χ4v) is 9.90. The number of hydrogen-bond donors (Lipinski definition) is 1. The van der Waals surface area contributed by atoms with Gasteiger partial charge in [-0.1, -0.05) is 67.6 Å². The molecule has 2 amide bonds. The zero-order valence-electron chi connectivity index (χ0n) is 24.6. The monoisotopic (exact) mass is 588 g/mol. The van der Waals surface area contributed by atoms with E-state index in [9.17, 15) is 14.7 Å². The summed E-state index contributed by atoms with van der Waals surface area (Å²) >= 11 is 1.60. The van der Waals surface area contributed by atoms with E-state index < -0.39 is 34.6 Å². The van der Waals surface area contributed by atoms with Crippen LogP contribution >= 0.6 is 11.8 Å². The maximum absolute atomic E-state index is 15.1. The second-order valence-corrected chi connectivity index (χ2v) is 13.2. The van der Waals surface area contributed by atoms with Crippen molar-refractivity contribution in [3.63, 3.8) is 0 Å². The van der Waals surface area contributed by atoms with Gasteiger partial charge in [0.1, 0.15) is 6.04 Å². The number of rotatable bonds is 11. The summed E-state index contributed by atoms with van der Waals surface area (Å²) < 4.78 is 4.80. The molecule has 2 bridgehead atoms. The number of fused-ring (bicyclic) bond motifs is 1. The Morgan fingerprint density at radius 2 is 1.83 bits per heavy atom. The van der Waals surface area contributed by atoms with Gasteiger partial charge < -0.3 is 19.6 Å². The number of aliphatic hydroxyl groups is 1. The number of amides is 2. The van der Waals surface area contributed by atoms with Crippen LogP contribution in [0.4, 0.5) is 5.69 Å². The molecule has 3 aliphatic rings. The molecule has 5 rings (SSSR count). The molecule has 222 valence electrons. The first-order chi connectivity index (χ1) is 20.2. The van der Waals surface area contributed by atoms with E-state index in [1.807, 2.05) is 62.4 Å². The fourth-order valence-electron chi connectivity index (χ4n) is 7.51. The van der Waals surface area contributed by atoms with Crippen molar-refractivity contribution in [1.29, 1.82) is 0 Å². The highest BCUT2D eigenvalue weighted by Crippen LogP contribution is 2.69. The first-order valence-electron chi connectivity index (χ1n) is 14.6. The first-order valence-corrected chi connectivity index (χ1v) is 15.5. The number of hydrogen-bond acceptors (Lipinski definition) is 6. The largest absolute Gasteiger partial charge is 0.465 e. The van der Waals surface area contributed by atoms with Crippen LogP contribution in [-0.4, -0.2) is 63.6 Å². The molecule has 1 spiro atoms. The zero-order valence-corrected chi connectivity index (χ0v) is 25.4. The van der Waals surface area contributed by atoms with Crippen molar-refractivity contribution in [2.75, 3.05) is 24.7 Å². The number of nitrogens with zero attached hydrogens (tertiary/aromatic N) is 2. The van der Waals surface area contributed by atoms with Crippen molar-refractivity contribution in [2.24, 2.45) is 17.8 Å². The third-order valence-corrected chi connectivity index (χ3v) is 11.3. The molecule has 8 heteroatoms. The average molecular weight is 589 g/mol. The standard InChI is InChI=1S/C34H40N2O5S/c1-6-8-18-41-33(40)27-26-19-23(5)34(42-26)28(27)31(38)36(25(20-37)24-15-10-9-11-16-24)30(34)32(39)35(17-7-2)29-21(3)13-12-14-22(29)4/h6-7,9-16,23,25-28,30,37H,1-2,8,17-20H2,3-5H3/t23?,25-,26-,27+,28+,30?,34?/m1/s1. The van der Waals surface area contributed by atoms with Gasteiger partial charge in [-0.15, -0.1) is 24.9 Å². The first kappa shape index (κ1) is 30.1. The Morgan fingerprint density at radius 3 is 2.45 bits per heavy atom. The quantitative estimate of drug-likeness (QED) is 0.226. The van der Waals surface area contributed by atoms with Crippen LogP contribution < -0.4 is 4.90 Å². The van der Waals surface area contributed by atoms with Crippen LogP contribution in [0.5, 0.6) is 0 Å². The van der Waals surface area contributed by atoms with E-state index in [1.54, 1.807) is 33.7 Å². The second kappa shape index (κ2) is 12.1. The van der Waals surface area contributed by atoms with E-state index >= 15 is 4.79 Å². The van der Waals surface area contributed by atoms with Crippen molar-refractivity contribution in [3.8, 4) is 0 Å². The van der Waals surface area contributed by atoms with Gasteiger partial charge >= 0.3 is 5.97 Å². The Morgan fingerprint density at radius 1 is 1.14 bits per heavy atom. The topological polar surface area (TPSA) is 87.1 Å². The lowest BCUT2D eigenvalue weighted by atomic mass is 9.66. The van der Waals surface area contributed by atoms with E-state index in [0.717, 1.165) is 22.4 Å². The Hall–Kier alpha value is -3.36. The van der Waals surface area contributed by atoms with Crippen molar-refractivity contribution in [2.45, 2.75) is 55.7 Å². The van der Waals surface area contributed by atoms with Crippen LogP contribution in [0.1, 0.15) is 42.5 Å². The van der Waals surface area contributed by atoms with Crippen LogP contribution in [-0.2, 0) is 19.1 Å². The maximum atomic E-state index is 15.1. The molecule has 0 radical (unpaired) electrons. The molecular weight excluding hydrogens is 548 g/mol. The van der Waals surface area contributed by atoms with E-state index in [1.165, 1.54) is 0 Å². The average Bonchev–Trinajstić information content (AvgIpc) is 3.57. The van der Waals surface area contributed by atoms with Gasteiger partial charge in [0, 0.05) is 17.5 Å². The number of carbonyl (C=O) groups excluding carboxylic acids is 3. The van der Waals surface area contributed by atoms with Crippen molar-refractivity contribution >= 4 is 35.2 Å². The van der Waals surface area contributed by atoms with Crippen LogP contribution in [0, 0.1) is 31.6 Å². The second-order valence-electron chi connectivity index (χ2n) is 11.6. The number of thioether (sulfide) groups is 1. The van der Waals surface area contributed by atoms with E-state index in [2.05, 4.69) is 20.1 Å². The van der Waals surface area contributed by atoms with Crippen LogP contribution in [0.3, 0.4) is 0 Å². The number of para-hydroxylation sites is 1. The number of likely N-dealkylation sites (tertiary alicyclic amines) is 1. The van der Waals surface area contributed by atoms with Crippen LogP contribution in [0.15, 0.2) is 73.8 Å². The van der Waals surface area contributed by atoms with Gasteiger partial charge in [0.05, 0.1) is 35.8 Å². The van der Waals surface area contributed by atoms with Gasteiger partial charge in [0.25, 0.3) is 5.91 Å². The third-order valence-electron chi connectivity index (χ3n) is 9.24. The molecular formula is C34H40N2O5S. The van der Waals surface area contributed by atoms with E-state index in [-0.39, 0.29) is 42.7 Å². The van der Waals surface area contributed by atoms with Gasteiger partial charge in [0.2, 0.25) is 5.91 Å². The lowest BCUT2D eigenvalue weighted by molar-refractivity contribution is -0.154. The van der Waals surface area contributed by atoms with Gasteiger partial charge in [-0.3, -0.25) is 14.4 Å². The molecule has 3 aliphatic heterocycles. The molecule has 42 heavy (non-hydrogen) atoms. The number of aryl methyl sites for hydroxylation is 2. The Bertz CT molecular complexity index is 1360. The van der Waals surface area contributed by atoms with E-state index in [4.69, 9.17) is 4.74 Å². The highest BCUT2D eigenvalue weighted by atomic mass is 32.2. The molecule has 0 saturated carbocycles. The predicted molar refractivity (Wildman–Crippen MR) is 166 cm³/mol. The maximum Gasteiger partial charge on any atom is 0.310 e. The highest BCUT2D eigenvalue weighted by molar-refractivity contribution is 8.02. The van der Waals surface area contributed by atoms with Crippen molar-refractivity contribution < 1.29 is 24.2 Å². The van der Waals surface area contributed by atoms with Gasteiger partial charge in [-0.05, 0) is 49.3 Å². The third kappa shape index (κ3) is 4.69. The summed E-state index contributed by atoms with van der Waals surface area (Å²) in [6, 6.07) is 13.6. The number of aliphatic hydroxyl groups excluding tert-OH is 1. The molecule has 0 aliphatic carbocycles. The Balaban J connectivity index is 1.67. The Labute approximate surface area is 252 Å². The molecule has 3 fully saturated rings. The molecule has 7 atom stereocenters. The molecule has 3 saturated heterocycles. The molecule has 3 unspecified atom stereocenters. The summed E-state index contributed by atoms with van der Waals surface area (Å²) in [5.41, 5.74) is 3.41. The predicted octanol–water partition coefficient (Wildman–Crippen LogP) is 5.01. The van der Waals surface area contributed by atoms with Crippen molar-refractivity contribution in [3.05, 3.63) is 90.5 Å². The summed E-state index contributed by atoms with van der Waals surface area (Å²) in [7, 11) is 0. The van der Waals surface area contributed by atoms with Crippen molar-refractivity contribution in [1.82, 2.24) is 4.90 Å². The zero-order chi connectivity index (χ0) is 30.2. The number of anilines is 1. The summed E-state index contributed by atoms with van der Waals surface area (Å²) in [6.45, 7) is 13.8. The normalized spacial score (nSPS) is 28.3. The van der Waals surface area contributed by atoms with E-state index in [0.29, 0.717) is 12.8 Å². The molecule has 2 aromatic rings. The lowest BCUT2D eigenvalue weighted by Crippen LogP contribution is -2.58. The number of carbonyl (C=O) groups is 3. The molecule has 1 N–H and O–H groups in total. The molecule has 2 aromatic carbocycles. The minimum atomic E-state index is -0.901. The molecule has 3 heterocycles. The smallest absolute Gasteiger partial charge is 0.310 e. The van der Waals surface area contributed by atoms with Crippen LogP contribution in [0.25, 0.3) is 0 Å². The summed E-state index contributed by atoms with van der Waals surface area (Å²) in [5.74, 6) is -2.31. The fraction of sp³-hybridized carbons (Fsp3) is 0.441. The molecule has 7 nitrogen and oxygen atoms in total. The summed E-state index contributed by atoms with van der Waals surface area (Å²) in [5, 5.41) is 10.7. The summed E-state index contributed by atoms with van der Waals surface area (Å²) in [4.78, 5) is 46.6. The lowest BCUT2D eigenvalue weighted by Gasteiger charge is -2.42. The Kier molecular flexibility index (Phi) is 8.67. The van der Waals surface area contributed by atoms with Gasteiger partial charge in [-0.2, -0.15) is 0 Å². The van der Waals surface area contributed by atoms with Gasteiger partial charge in [-0.25, -0.2) is 0 Å². The molecule has 0 aromatic heterocycles. The van der Waals surface area contributed by atoms with Gasteiger partial charge in [0.15, 0.2) is 0 Å². The highest BCUT2D eigenvalue weighted by Gasteiger charge is 2.77. The SMILES string of the molecule is C=CCCOC(=O)[C@@H]1[C@H]2C(=O)N([C@H](CO)c3ccccc3)C(C(=O)N(CC=C)c3c(C)cccc3C)C23S[C@@H]1CC3C. The minimum absolute atomic E-state index is 0.0173. The van der Waals surface area contributed by atoms with Crippen LogP contribution in [0.2, 0.25) is 0 Å². The number of ether oxygens (including phenoxy) is 1. The minimum Gasteiger partial charge on any atom is -0.465 e. The summed E-state index contributed by atoms with van der Waals surface area (Å²) in [6.07, 6.45) is 4.62. The number of esters is 1. The number of benzene rings is 2.